The van der Waals surface area contributed by atoms with Gasteiger partial charge >= 0.3 is 12.1 Å². The zero-order valence-corrected chi connectivity index (χ0v) is 16.6. The molecule has 2 heterocycles. The maximum Gasteiger partial charge on any atom is 0.525 e. The van der Waals surface area contributed by atoms with Gasteiger partial charge in [-0.1, -0.05) is 54.0 Å². The molecular weight excluding hydrogens is 342 g/mol. The zero-order valence-electron chi connectivity index (χ0n) is 16.6. The monoisotopic (exact) mass is 370 g/mol. The Morgan fingerprint density at radius 2 is 1.85 bits per heavy atom. The lowest BCUT2D eigenvalue weighted by Gasteiger charge is -2.35. The lowest BCUT2D eigenvalue weighted by molar-refractivity contribution is 0.0204. The van der Waals surface area contributed by atoms with Gasteiger partial charge in [0.15, 0.2) is 0 Å². The number of rotatable bonds is 3. The van der Waals surface area contributed by atoms with E-state index in [-0.39, 0.29) is 10.6 Å². The third kappa shape index (κ3) is 4.45. The van der Waals surface area contributed by atoms with Crippen molar-refractivity contribution < 1.29 is 13.9 Å². The summed E-state index contributed by atoms with van der Waals surface area (Å²) in [5.41, 5.74) is 1.92. The number of quaternary nitrogens is 1. The van der Waals surface area contributed by atoms with Crippen molar-refractivity contribution >= 4 is 18.2 Å². The van der Waals surface area contributed by atoms with Gasteiger partial charge in [0.1, 0.15) is 18.7 Å². The molecular formula is C21H28N3O3+. The molecule has 0 atom stereocenters. The molecule has 2 aromatic rings. The van der Waals surface area contributed by atoms with E-state index in [1.807, 2.05) is 45.9 Å². The standard InChI is InChI=1S/C21H28N3O3/c1-5-18-22-23-19(26-18)24(20(25)27-21(2,3)4)13-11-17(12-14-24)15-16-9-7-6-8-10-16/h6-10,15H,5,11-14H2,1-4H3/q+1. The van der Waals surface area contributed by atoms with Crippen LogP contribution < -0.4 is 4.48 Å². The Hall–Kier alpha value is -2.47. The summed E-state index contributed by atoms with van der Waals surface area (Å²) >= 11 is 0. The number of piperidine rings is 1. The fourth-order valence-corrected chi connectivity index (χ4v) is 3.20. The molecule has 1 amide bonds. The molecule has 0 unspecified atom stereocenters. The van der Waals surface area contributed by atoms with Crippen LogP contribution in [0.1, 0.15) is 52.0 Å². The molecule has 144 valence electrons. The normalized spacial score (nSPS) is 20.4. The number of aryl methyl sites for hydroxylation is 1. The molecule has 6 nitrogen and oxygen atoms in total. The van der Waals surface area contributed by atoms with E-state index in [1.165, 1.54) is 11.1 Å². The Bertz CT molecular complexity index is 809. The molecule has 1 aliphatic heterocycles. The summed E-state index contributed by atoms with van der Waals surface area (Å²) in [6.07, 6.45) is 4.07. The minimum Gasteiger partial charge on any atom is -0.414 e. The highest BCUT2D eigenvalue weighted by Gasteiger charge is 2.49. The number of hydrogen-bond acceptors (Lipinski definition) is 5. The van der Waals surface area contributed by atoms with Crippen molar-refractivity contribution in [1.29, 1.82) is 0 Å². The summed E-state index contributed by atoms with van der Waals surface area (Å²) in [4.78, 5) is 13.1. The smallest absolute Gasteiger partial charge is 0.414 e. The van der Waals surface area contributed by atoms with Crippen LogP contribution in [0, 0.1) is 0 Å². The number of carbonyl (C=O) groups is 1. The van der Waals surface area contributed by atoms with Crippen molar-refractivity contribution in [1.82, 2.24) is 14.7 Å². The molecule has 6 heteroatoms. The second-order valence-electron chi connectivity index (χ2n) is 7.94. The topological polar surface area (TPSA) is 65.2 Å². The molecule has 0 bridgehead atoms. The summed E-state index contributed by atoms with van der Waals surface area (Å²) in [6, 6.07) is 10.6. The molecule has 0 radical (unpaired) electrons. The van der Waals surface area contributed by atoms with Crippen LogP contribution in [0.15, 0.2) is 40.3 Å². The zero-order chi connectivity index (χ0) is 19.5. The SMILES string of the molecule is CCc1nnc([N+]2(C(=O)OC(C)(C)C)CCC(=Cc3ccccc3)CC2)o1. The van der Waals surface area contributed by atoms with Gasteiger partial charge in [-0.3, -0.25) is 0 Å². The Morgan fingerprint density at radius 3 is 2.41 bits per heavy atom. The number of ether oxygens (including phenoxy) is 1. The molecule has 0 saturated carbocycles. The van der Waals surface area contributed by atoms with Crippen LogP contribution in [-0.2, 0) is 11.2 Å². The predicted molar refractivity (Wildman–Crippen MR) is 105 cm³/mol. The molecule has 3 rings (SSSR count). The molecule has 27 heavy (non-hydrogen) atoms. The van der Waals surface area contributed by atoms with Crippen molar-refractivity contribution in [2.45, 2.75) is 52.6 Å². The van der Waals surface area contributed by atoms with Gasteiger partial charge in [0.05, 0.1) is 0 Å². The highest BCUT2D eigenvalue weighted by molar-refractivity contribution is 5.80. The average molecular weight is 370 g/mol. The number of benzene rings is 1. The lowest BCUT2D eigenvalue weighted by Crippen LogP contribution is -2.59. The number of aromatic nitrogens is 2. The van der Waals surface area contributed by atoms with E-state index in [4.69, 9.17) is 9.15 Å². The van der Waals surface area contributed by atoms with Crippen LogP contribution in [0.5, 0.6) is 0 Å². The van der Waals surface area contributed by atoms with Gasteiger partial charge in [-0.15, -0.1) is 9.58 Å². The van der Waals surface area contributed by atoms with E-state index >= 15 is 0 Å². The van der Waals surface area contributed by atoms with Crippen molar-refractivity contribution in [3.05, 3.63) is 47.4 Å². The van der Waals surface area contributed by atoms with E-state index in [1.54, 1.807) is 0 Å². The van der Waals surface area contributed by atoms with Crippen LogP contribution in [0.4, 0.5) is 10.8 Å². The molecule has 1 aromatic heterocycles. The van der Waals surface area contributed by atoms with E-state index < -0.39 is 5.60 Å². The van der Waals surface area contributed by atoms with Crippen molar-refractivity contribution in [3.8, 4) is 0 Å². The lowest BCUT2D eigenvalue weighted by atomic mass is 9.99. The van der Waals surface area contributed by atoms with E-state index in [0.717, 1.165) is 12.8 Å². The minimum atomic E-state index is -0.573. The van der Waals surface area contributed by atoms with Crippen molar-refractivity contribution in [2.75, 3.05) is 13.1 Å². The highest BCUT2D eigenvalue weighted by atomic mass is 16.6. The van der Waals surface area contributed by atoms with Gasteiger partial charge in [-0.2, -0.15) is 4.79 Å². The highest BCUT2D eigenvalue weighted by Crippen LogP contribution is 2.33. The quantitative estimate of drug-likeness (QED) is 0.729. The molecule has 0 aliphatic carbocycles. The molecule has 1 aromatic carbocycles. The number of amides is 1. The molecule has 1 saturated heterocycles. The average Bonchev–Trinajstić information content (AvgIpc) is 3.11. The first kappa shape index (κ1) is 19.3. The van der Waals surface area contributed by atoms with Crippen molar-refractivity contribution in [3.63, 3.8) is 0 Å². The summed E-state index contributed by atoms with van der Waals surface area (Å²) in [5, 5.41) is 8.24. The third-order valence-electron chi connectivity index (χ3n) is 4.67. The first-order valence-corrected chi connectivity index (χ1v) is 9.50. The Morgan fingerprint density at radius 1 is 1.19 bits per heavy atom. The summed E-state index contributed by atoms with van der Waals surface area (Å²) in [5.74, 6) is 0.539. The first-order chi connectivity index (χ1) is 12.8. The fraction of sp³-hybridized carbons (Fsp3) is 0.476. The van der Waals surface area contributed by atoms with Crippen LogP contribution >= 0.6 is 0 Å². The van der Waals surface area contributed by atoms with E-state index in [2.05, 4.69) is 28.4 Å². The first-order valence-electron chi connectivity index (χ1n) is 9.50. The fourth-order valence-electron chi connectivity index (χ4n) is 3.20. The van der Waals surface area contributed by atoms with Crippen LogP contribution in [-0.4, -0.2) is 35.0 Å². The number of carbonyl (C=O) groups excluding carboxylic acids is 1. The second kappa shape index (κ2) is 7.64. The maximum absolute atomic E-state index is 13.1. The van der Waals surface area contributed by atoms with Crippen molar-refractivity contribution in [2.24, 2.45) is 0 Å². The maximum atomic E-state index is 13.1. The second-order valence-corrected chi connectivity index (χ2v) is 7.94. The van der Waals surface area contributed by atoms with E-state index in [9.17, 15) is 4.79 Å². The molecule has 0 spiro atoms. The molecule has 0 N–H and O–H groups in total. The summed E-state index contributed by atoms with van der Waals surface area (Å²) in [6.45, 7) is 8.68. The summed E-state index contributed by atoms with van der Waals surface area (Å²) in [7, 11) is 0. The van der Waals surface area contributed by atoms with Crippen LogP contribution in [0.3, 0.4) is 0 Å². The van der Waals surface area contributed by atoms with Gasteiger partial charge in [0.25, 0.3) is 0 Å². The molecule has 1 aliphatic rings. The van der Waals surface area contributed by atoms with Gasteiger partial charge in [-0.25, -0.2) is 0 Å². The van der Waals surface area contributed by atoms with Gasteiger partial charge < -0.3 is 9.15 Å². The van der Waals surface area contributed by atoms with Crippen LogP contribution in [0.25, 0.3) is 6.08 Å². The number of nitrogens with zero attached hydrogens (tertiary/aromatic N) is 3. The summed E-state index contributed by atoms with van der Waals surface area (Å²) < 4.78 is 11.5. The Labute approximate surface area is 160 Å². The minimum absolute atomic E-state index is 0.0452. The number of likely N-dealkylation sites (tertiary alicyclic amines) is 1. The Balaban J connectivity index is 1.86. The number of hydrogen-bond donors (Lipinski definition) is 0. The van der Waals surface area contributed by atoms with E-state index in [0.29, 0.717) is 31.4 Å². The largest absolute Gasteiger partial charge is 0.525 e. The molecule has 1 fully saturated rings. The van der Waals surface area contributed by atoms with Gasteiger partial charge in [0.2, 0.25) is 5.89 Å². The van der Waals surface area contributed by atoms with Crippen LogP contribution in [0.2, 0.25) is 0 Å². The third-order valence-corrected chi connectivity index (χ3v) is 4.67. The Kier molecular flexibility index (Phi) is 5.46. The predicted octanol–water partition coefficient (Wildman–Crippen LogP) is 4.75. The van der Waals surface area contributed by atoms with Gasteiger partial charge in [-0.05, 0) is 26.3 Å². The van der Waals surface area contributed by atoms with Gasteiger partial charge in [0, 0.05) is 19.3 Å².